The quantitative estimate of drug-likeness (QED) is 0.727. The number of hydrogen-bond acceptors (Lipinski definition) is 7. The molecule has 1 aromatic rings. The first-order valence-corrected chi connectivity index (χ1v) is 5.97. The molecule has 0 amide bonds. The number of carbonyl (C=O) groups is 1. The molecule has 3 rings (SSSR count). The van der Waals surface area contributed by atoms with E-state index in [1.54, 1.807) is 12.3 Å². The number of pyridine rings is 1. The summed E-state index contributed by atoms with van der Waals surface area (Å²) in [4.78, 5) is 21.9. The van der Waals surface area contributed by atoms with E-state index in [9.17, 15) is 4.79 Å². The molecule has 0 unspecified atom stereocenters. The van der Waals surface area contributed by atoms with Crippen molar-refractivity contribution in [3.05, 3.63) is 23.5 Å². The Morgan fingerprint density at radius 3 is 3.26 bits per heavy atom. The smallest absolute Gasteiger partial charge is 0.356 e. The SMILES string of the molecule is COC(=O)c1cc2c(cn1)N=C(N)N1CCOC[C@H]21. The van der Waals surface area contributed by atoms with Crippen molar-refractivity contribution in [3.8, 4) is 0 Å². The van der Waals surface area contributed by atoms with Gasteiger partial charge in [0, 0.05) is 12.1 Å². The van der Waals surface area contributed by atoms with Crippen LogP contribution in [0.3, 0.4) is 0 Å². The first-order chi connectivity index (χ1) is 9.20. The van der Waals surface area contributed by atoms with Gasteiger partial charge in [0.05, 0.1) is 38.2 Å². The number of aromatic nitrogens is 1. The number of carbonyl (C=O) groups excluding carboxylic acids is 1. The van der Waals surface area contributed by atoms with Gasteiger partial charge in [-0.25, -0.2) is 14.8 Å². The van der Waals surface area contributed by atoms with Crippen molar-refractivity contribution in [3.63, 3.8) is 0 Å². The predicted octanol–water partition coefficient (Wildman–Crippen LogP) is 0.201. The molecule has 19 heavy (non-hydrogen) atoms. The van der Waals surface area contributed by atoms with E-state index in [4.69, 9.17) is 10.5 Å². The Kier molecular flexibility index (Phi) is 2.83. The number of nitrogens with zero attached hydrogens (tertiary/aromatic N) is 3. The number of esters is 1. The molecule has 0 saturated carbocycles. The molecule has 100 valence electrons. The highest BCUT2D eigenvalue weighted by Crippen LogP contribution is 2.35. The summed E-state index contributed by atoms with van der Waals surface area (Å²) in [6.45, 7) is 1.83. The Labute approximate surface area is 110 Å². The molecule has 0 aliphatic carbocycles. The van der Waals surface area contributed by atoms with Gasteiger partial charge in [-0.05, 0) is 6.07 Å². The first kappa shape index (κ1) is 11.9. The Morgan fingerprint density at radius 2 is 2.47 bits per heavy atom. The van der Waals surface area contributed by atoms with E-state index in [2.05, 4.69) is 14.7 Å². The molecule has 1 fully saturated rings. The summed E-state index contributed by atoms with van der Waals surface area (Å²) in [5.74, 6) is 0.00187. The maximum absolute atomic E-state index is 11.5. The van der Waals surface area contributed by atoms with Crippen LogP contribution in [0.25, 0.3) is 0 Å². The summed E-state index contributed by atoms with van der Waals surface area (Å²) < 4.78 is 10.2. The van der Waals surface area contributed by atoms with E-state index in [0.717, 1.165) is 5.56 Å². The van der Waals surface area contributed by atoms with Crippen molar-refractivity contribution in [1.82, 2.24) is 9.88 Å². The highest BCUT2D eigenvalue weighted by molar-refractivity contribution is 5.89. The molecule has 1 atom stereocenters. The zero-order valence-corrected chi connectivity index (χ0v) is 10.5. The molecule has 1 saturated heterocycles. The first-order valence-electron chi connectivity index (χ1n) is 5.97. The number of fused-ring (bicyclic) bond motifs is 3. The van der Waals surface area contributed by atoms with Gasteiger partial charge < -0.3 is 20.1 Å². The fourth-order valence-corrected chi connectivity index (χ4v) is 2.36. The average Bonchev–Trinajstić information content (AvgIpc) is 2.46. The van der Waals surface area contributed by atoms with Crippen molar-refractivity contribution in [2.45, 2.75) is 6.04 Å². The van der Waals surface area contributed by atoms with Crippen molar-refractivity contribution in [1.29, 1.82) is 0 Å². The van der Waals surface area contributed by atoms with Gasteiger partial charge in [-0.15, -0.1) is 0 Å². The molecule has 0 radical (unpaired) electrons. The van der Waals surface area contributed by atoms with Crippen LogP contribution in [0.15, 0.2) is 17.3 Å². The standard InChI is InChI=1S/C12H14N4O3/c1-18-11(17)8-4-7-9(5-14-8)15-12(13)16-2-3-19-6-10(7)16/h4-5,10H,2-3,6H2,1H3,(H2,13,15)/t10-/m1/s1. The van der Waals surface area contributed by atoms with Gasteiger partial charge in [-0.2, -0.15) is 0 Å². The summed E-state index contributed by atoms with van der Waals surface area (Å²) in [6, 6.07) is 1.68. The molecule has 2 N–H and O–H groups in total. The monoisotopic (exact) mass is 262 g/mol. The second-order valence-electron chi connectivity index (χ2n) is 4.37. The van der Waals surface area contributed by atoms with Gasteiger partial charge in [0.15, 0.2) is 5.96 Å². The second-order valence-corrected chi connectivity index (χ2v) is 4.37. The summed E-state index contributed by atoms with van der Waals surface area (Å²) in [6.07, 6.45) is 1.54. The zero-order chi connectivity index (χ0) is 13.4. The van der Waals surface area contributed by atoms with Crippen LogP contribution < -0.4 is 5.73 Å². The summed E-state index contributed by atoms with van der Waals surface area (Å²) in [5.41, 5.74) is 7.77. The highest BCUT2D eigenvalue weighted by Gasteiger charge is 2.32. The van der Waals surface area contributed by atoms with Crippen LogP contribution in [0, 0.1) is 0 Å². The lowest BCUT2D eigenvalue weighted by Gasteiger charge is -2.39. The van der Waals surface area contributed by atoms with Crippen LogP contribution in [0.2, 0.25) is 0 Å². The van der Waals surface area contributed by atoms with E-state index in [-0.39, 0.29) is 11.7 Å². The topological polar surface area (TPSA) is 90.0 Å². The largest absolute Gasteiger partial charge is 0.464 e. The molecular weight excluding hydrogens is 248 g/mol. The number of rotatable bonds is 1. The van der Waals surface area contributed by atoms with Crippen molar-refractivity contribution in [2.75, 3.05) is 26.9 Å². The van der Waals surface area contributed by atoms with Crippen molar-refractivity contribution >= 4 is 17.6 Å². The predicted molar refractivity (Wildman–Crippen MR) is 67.1 cm³/mol. The molecule has 1 aromatic heterocycles. The molecule has 3 heterocycles. The molecule has 0 aromatic carbocycles. The number of aliphatic imine (C=N–C) groups is 1. The Balaban J connectivity index is 2.06. The van der Waals surface area contributed by atoms with Crippen LogP contribution in [-0.2, 0) is 9.47 Å². The molecule has 7 nitrogen and oxygen atoms in total. The zero-order valence-electron chi connectivity index (χ0n) is 10.5. The number of ether oxygens (including phenoxy) is 2. The van der Waals surface area contributed by atoms with Gasteiger partial charge in [-0.3, -0.25) is 0 Å². The van der Waals surface area contributed by atoms with Gasteiger partial charge in [0.1, 0.15) is 5.69 Å². The van der Waals surface area contributed by atoms with Crippen LogP contribution in [0.1, 0.15) is 22.1 Å². The summed E-state index contributed by atoms with van der Waals surface area (Å²) in [7, 11) is 1.33. The summed E-state index contributed by atoms with van der Waals surface area (Å²) >= 11 is 0. The third-order valence-corrected chi connectivity index (χ3v) is 3.33. The van der Waals surface area contributed by atoms with Crippen LogP contribution in [0.5, 0.6) is 0 Å². The molecular formula is C12H14N4O3. The lowest BCUT2D eigenvalue weighted by Crippen LogP contribution is -2.48. The maximum atomic E-state index is 11.5. The number of morpholine rings is 1. The second kappa shape index (κ2) is 4.51. The number of nitrogens with two attached hydrogens (primary N) is 1. The molecule has 7 heteroatoms. The van der Waals surface area contributed by atoms with Gasteiger partial charge in [-0.1, -0.05) is 0 Å². The number of hydrogen-bond donors (Lipinski definition) is 1. The average molecular weight is 262 g/mol. The van der Waals surface area contributed by atoms with Gasteiger partial charge in [0.2, 0.25) is 0 Å². The molecule has 0 spiro atoms. The van der Waals surface area contributed by atoms with E-state index >= 15 is 0 Å². The van der Waals surface area contributed by atoms with Gasteiger partial charge in [0.25, 0.3) is 0 Å². The fourth-order valence-electron chi connectivity index (χ4n) is 2.36. The normalized spacial score (nSPS) is 21.2. The third-order valence-electron chi connectivity index (χ3n) is 3.33. The lowest BCUT2D eigenvalue weighted by atomic mass is 10.0. The van der Waals surface area contributed by atoms with Crippen LogP contribution in [0.4, 0.5) is 5.69 Å². The lowest BCUT2D eigenvalue weighted by molar-refractivity contribution is 0.0240. The van der Waals surface area contributed by atoms with Gasteiger partial charge >= 0.3 is 5.97 Å². The fraction of sp³-hybridized carbons (Fsp3) is 0.417. The maximum Gasteiger partial charge on any atom is 0.356 e. The number of guanidine groups is 1. The molecule has 2 aliphatic rings. The van der Waals surface area contributed by atoms with Crippen molar-refractivity contribution < 1.29 is 14.3 Å². The van der Waals surface area contributed by atoms with E-state index in [1.165, 1.54) is 7.11 Å². The number of methoxy groups -OCH3 is 1. The summed E-state index contributed by atoms with van der Waals surface area (Å²) in [5, 5.41) is 0. The minimum Gasteiger partial charge on any atom is -0.464 e. The van der Waals surface area contributed by atoms with E-state index < -0.39 is 5.97 Å². The Hall–Kier alpha value is -2.15. The minimum absolute atomic E-state index is 0.0207. The van der Waals surface area contributed by atoms with Crippen LogP contribution >= 0.6 is 0 Å². The van der Waals surface area contributed by atoms with E-state index in [1.807, 2.05) is 4.90 Å². The highest BCUT2D eigenvalue weighted by atomic mass is 16.5. The Morgan fingerprint density at radius 1 is 1.63 bits per heavy atom. The third kappa shape index (κ3) is 1.91. The molecule has 0 bridgehead atoms. The van der Waals surface area contributed by atoms with Crippen molar-refractivity contribution in [2.24, 2.45) is 10.7 Å². The van der Waals surface area contributed by atoms with E-state index in [0.29, 0.717) is 31.4 Å². The van der Waals surface area contributed by atoms with Crippen LogP contribution in [-0.4, -0.2) is 48.7 Å². The Bertz CT molecular complexity index is 558. The molecule has 2 aliphatic heterocycles. The minimum atomic E-state index is -0.464.